The molecule has 0 unspecified atom stereocenters. The Morgan fingerprint density at radius 1 is 1.46 bits per heavy atom. The number of hydrogen-bond acceptors (Lipinski definition) is 5. The van der Waals surface area contributed by atoms with Crippen molar-refractivity contribution >= 4 is 5.91 Å². The maximum Gasteiger partial charge on any atom is 0.254 e. The van der Waals surface area contributed by atoms with Crippen LogP contribution in [0.2, 0.25) is 0 Å². The standard InChI is InChI=1S/C17H23N5O2/c1-4-13-9-18-7-5-14(13)16(23)21-8-6-17(24,11-21)15-10-22(12(2)3)20-19-15/h5,7,9-10,12,24H,4,6,8,11H2,1-3H3/t17-/m0/s1. The molecule has 1 fully saturated rings. The Hall–Kier alpha value is -2.28. The average molecular weight is 329 g/mol. The third kappa shape index (κ3) is 2.91. The highest BCUT2D eigenvalue weighted by atomic mass is 16.3. The highest BCUT2D eigenvalue weighted by Crippen LogP contribution is 2.32. The maximum atomic E-state index is 12.8. The average Bonchev–Trinajstić information content (AvgIpc) is 3.22. The minimum atomic E-state index is -1.14. The summed E-state index contributed by atoms with van der Waals surface area (Å²) in [5.74, 6) is -0.0681. The molecule has 1 atom stereocenters. The van der Waals surface area contributed by atoms with E-state index in [2.05, 4.69) is 15.3 Å². The summed E-state index contributed by atoms with van der Waals surface area (Å²) >= 11 is 0. The summed E-state index contributed by atoms with van der Waals surface area (Å²) in [7, 11) is 0. The molecule has 2 aromatic rings. The van der Waals surface area contributed by atoms with E-state index in [-0.39, 0.29) is 18.5 Å². The van der Waals surface area contributed by atoms with Gasteiger partial charge in [0.05, 0.1) is 12.7 Å². The van der Waals surface area contributed by atoms with Crippen LogP contribution in [-0.4, -0.2) is 49.0 Å². The van der Waals surface area contributed by atoms with Crippen molar-refractivity contribution < 1.29 is 9.90 Å². The molecule has 0 radical (unpaired) electrons. The number of aromatic nitrogens is 4. The summed E-state index contributed by atoms with van der Waals surface area (Å²) in [6, 6.07) is 1.92. The largest absolute Gasteiger partial charge is 0.381 e. The number of aryl methyl sites for hydroxylation is 1. The van der Waals surface area contributed by atoms with Gasteiger partial charge in [0.15, 0.2) is 0 Å². The van der Waals surface area contributed by atoms with Crippen molar-refractivity contribution in [2.45, 2.75) is 45.3 Å². The van der Waals surface area contributed by atoms with E-state index in [1.807, 2.05) is 20.8 Å². The number of hydrogen-bond donors (Lipinski definition) is 1. The Bertz CT molecular complexity index is 742. The Balaban J connectivity index is 1.80. The Labute approximate surface area is 141 Å². The van der Waals surface area contributed by atoms with Crippen molar-refractivity contribution in [1.29, 1.82) is 0 Å². The van der Waals surface area contributed by atoms with E-state index >= 15 is 0 Å². The molecule has 0 bridgehead atoms. The lowest BCUT2D eigenvalue weighted by Gasteiger charge is -2.22. The van der Waals surface area contributed by atoms with Crippen LogP contribution in [0.1, 0.15) is 54.8 Å². The molecular weight excluding hydrogens is 306 g/mol. The van der Waals surface area contributed by atoms with Crippen LogP contribution in [-0.2, 0) is 12.0 Å². The minimum Gasteiger partial charge on any atom is -0.381 e. The van der Waals surface area contributed by atoms with E-state index in [0.29, 0.717) is 24.2 Å². The molecule has 1 amide bonds. The monoisotopic (exact) mass is 329 g/mol. The normalized spacial score (nSPS) is 20.8. The topological polar surface area (TPSA) is 84.1 Å². The van der Waals surface area contributed by atoms with E-state index in [0.717, 1.165) is 12.0 Å². The van der Waals surface area contributed by atoms with Gasteiger partial charge in [-0.1, -0.05) is 12.1 Å². The molecule has 7 nitrogen and oxygen atoms in total. The zero-order valence-electron chi connectivity index (χ0n) is 14.3. The van der Waals surface area contributed by atoms with Crippen LogP contribution in [0.5, 0.6) is 0 Å². The van der Waals surface area contributed by atoms with E-state index in [1.54, 1.807) is 34.2 Å². The van der Waals surface area contributed by atoms with E-state index in [9.17, 15) is 9.90 Å². The number of pyridine rings is 1. The third-order valence-corrected chi connectivity index (χ3v) is 4.57. The Morgan fingerprint density at radius 3 is 2.92 bits per heavy atom. The number of amides is 1. The number of carbonyl (C=O) groups is 1. The molecule has 1 aliphatic rings. The second-order valence-corrected chi connectivity index (χ2v) is 6.57. The van der Waals surface area contributed by atoms with Gasteiger partial charge >= 0.3 is 0 Å². The zero-order chi connectivity index (χ0) is 17.3. The van der Waals surface area contributed by atoms with Crippen LogP contribution < -0.4 is 0 Å². The van der Waals surface area contributed by atoms with Crippen molar-refractivity contribution in [2.75, 3.05) is 13.1 Å². The first kappa shape index (κ1) is 16.6. The van der Waals surface area contributed by atoms with Crippen molar-refractivity contribution in [3.63, 3.8) is 0 Å². The molecule has 3 rings (SSSR count). The van der Waals surface area contributed by atoms with Crippen LogP contribution in [0, 0.1) is 0 Å². The summed E-state index contributed by atoms with van der Waals surface area (Å²) in [6.45, 7) is 6.73. The number of carbonyl (C=O) groups excluding carboxylic acids is 1. The van der Waals surface area contributed by atoms with Crippen molar-refractivity contribution in [1.82, 2.24) is 24.9 Å². The number of likely N-dealkylation sites (tertiary alicyclic amines) is 1. The van der Waals surface area contributed by atoms with E-state index in [1.165, 1.54) is 0 Å². The molecule has 0 aromatic carbocycles. The fraction of sp³-hybridized carbons (Fsp3) is 0.529. The molecule has 0 aliphatic carbocycles. The molecule has 3 heterocycles. The SMILES string of the molecule is CCc1cnccc1C(=O)N1CC[C@@](O)(c2cn(C(C)C)nn2)C1. The molecule has 0 spiro atoms. The lowest BCUT2D eigenvalue weighted by atomic mass is 10.00. The van der Waals surface area contributed by atoms with Crippen molar-refractivity contribution in [3.8, 4) is 0 Å². The van der Waals surface area contributed by atoms with Gasteiger partial charge in [-0.3, -0.25) is 9.78 Å². The Kier molecular flexibility index (Phi) is 4.36. The predicted molar refractivity (Wildman–Crippen MR) is 88.4 cm³/mol. The summed E-state index contributed by atoms with van der Waals surface area (Å²) in [5.41, 5.74) is 0.964. The van der Waals surface area contributed by atoms with Gasteiger partial charge in [-0.2, -0.15) is 0 Å². The van der Waals surface area contributed by atoms with Crippen LogP contribution in [0.4, 0.5) is 0 Å². The van der Waals surface area contributed by atoms with Crippen LogP contribution in [0.25, 0.3) is 0 Å². The second kappa shape index (κ2) is 6.32. The van der Waals surface area contributed by atoms with Crippen molar-refractivity contribution in [3.05, 3.63) is 41.5 Å². The first-order chi connectivity index (χ1) is 11.4. The van der Waals surface area contributed by atoms with E-state index < -0.39 is 5.60 Å². The molecule has 0 saturated carbocycles. The molecule has 1 N–H and O–H groups in total. The summed E-state index contributed by atoms with van der Waals surface area (Å²) in [5, 5.41) is 19.1. The second-order valence-electron chi connectivity index (χ2n) is 6.57. The highest BCUT2D eigenvalue weighted by Gasteiger charge is 2.42. The lowest BCUT2D eigenvalue weighted by Crippen LogP contribution is -2.35. The molecule has 7 heteroatoms. The van der Waals surface area contributed by atoms with Crippen molar-refractivity contribution in [2.24, 2.45) is 0 Å². The molecule has 1 aliphatic heterocycles. The Morgan fingerprint density at radius 2 is 2.25 bits per heavy atom. The molecule has 2 aromatic heterocycles. The van der Waals surface area contributed by atoms with Gasteiger partial charge in [0, 0.05) is 37.0 Å². The van der Waals surface area contributed by atoms with Gasteiger partial charge in [0.2, 0.25) is 0 Å². The molecule has 24 heavy (non-hydrogen) atoms. The number of β-amino-alcohol motifs (C(OH)–C–C–N with tert-alkyl or cyclic N) is 1. The number of nitrogens with zero attached hydrogens (tertiary/aromatic N) is 5. The fourth-order valence-electron chi connectivity index (χ4n) is 3.01. The van der Waals surface area contributed by atoms with Crippen LogP contribution >= 0.6 is 0 Å². The molecule has 1 saturated heterocycles. The smallest absolute Gasteiger partial charge is 0.254 e. The van der Waals surface area contributed by atoms with Crippen LogP contribution in [0.15, 0.2) is 24.7 Å². The maximum absolute atomic E-state index is 12.8. The van der Waals surface area contributed by atoms with Gasteiger partial charge in [0.1, 0.15) is 11.3 Å². The molecular formula is C17H23N5O2. The summed E-state index contributed by atoms with van der Waals surface area (Å²) in [6.07, 6.45) is 6.33. The van der Waals surface area contributed by atoms with Gasteiger partial charge in [0.25, 0.3) is 5.91 Å². The van der Waals surface area contributed by atoms with Gasteiger partial charge in [-0.05, 0) is 31.9 Å². The fourth-order valence-corrected chi connectivity index (χ4v) is 3.01. The predicted octanol–water partition coefficient (Wildman–Crippen LogP) is 1.55. The first-order valence-electron chi connectivity index (χ1n) is 8.31. The van der Waals surface area contributed by atoms with Gasteiger partial charge in [-0.25, -0.2) is 4.68 Å². The molecule has 128 valence electrons. The minimum absolute atomic E-state index is 0.0681. The first-order valence-corrected chi connectivity index (χ1v) is 8.31. The lowest BCUT2D eigenvalue weighted by molar-refractivity contribution is 0.0381. The highest BCUT2D eigenvalue weighted by molar-refractivity contribution is 5.95. The zero-order valence-corrected chi connectivity index (χ0v) is 14.3. The van der Waals surface area contributed by atoms with E-state index in [4.69, 9.17) is 0 Å². The number of aliphatic hydroxyl groups is 1. The quantitative estimate of drug-likeness (QED) is 0.920. The number of rotatable bonds is 4. The summed E-state index contributed by atoms with van der Waals surface area (Å²) in [4.78, 5) is 18.6. The summed E-state index contributed by atoms with van der Waals surface area (Å²) < 4.78 is 1.72. The van der Waals surface area contributed by atoms with Gasteiger partial charge in [-0.15, -0.1) is 5.10 Å². The van der Waals surface area contributed by atoms with Crippen LogP contribution in [0.3, 0.4) is 0 Å². The third-order valence-electron chi connectivity index (χ3n) is 4.57. The van der Waals surface area contributed by atoms with Gasteiger partial charge < -0.3 is 10.0 Å².